The zero-order chi connectivity index (χ0) is 16.1. The second-order valence-corrected chi connectivity index (χ2v) is 5.90. The van der Waals surface area contributed by atoms with Gasteiger partial charge in [-0.05, 0) is 43.9 Å². The van der Waals surface area contributed by atoms with Gasteiger partial charge in [-0.25, -0.2) is 4.39 Å². The molecule has 1 heterocycles. The molecule has 0 bridgehead atoms. The normalized spacial score (nSPS) is 13.7. The SMILES string of the molecule is N#Cc1cc(F)cc(NCCCCCc2nc(C3CC3)no2)c1. The average Bonchev–Trinajstić information content (AvgIpc) is 3.29. The van der Waals surface area contributed by atoms with Crippen molar-refractivity contribution in [2.75, 3.05) is 11.9 Å². The predicted molar refractivity (Wildman–Crippen MR) is 83.4 cm³/mol. The first-order chi connectivity index (χ1) is 11.2. The first kappa shape index (κ1) is 15.5. The third-order valence-corrected chi connectivity index (χ3v) is 3.85. The van der Waals surface area contributed by atoms with Gasteiger partial charge in [-0.2, -0.15) is 10.2 Å². The largest absolute Gasteiger partial charge is 0.385 e. The number of rotatable bonds is 8. The predicted octanol–water partition coefficient (Wildman–Crippen LogP) is 3.78. The lowest BCUT2D eigenvalue weighted by molar-refractivity contribution is 0.369. The van der Waals surface area contributed by atoms with E-state index in [0.717, 1.165) is 43.9 Å². The molecule has 0 atom stereocenters. The van der Waals surface area contributed by atoms with Gasteiger partial charge in [0.25, 0.3) is 0 Å². The van der Waals surface area contributed by atoms with Gasteiger partial charge in [0.15, 0.2) is 5.82 Å². The topological polar surface area (TPSA) is 74.7 Å². The van der Waals surface area contributed by atoms with E-state index in [9.17, 15) is 4.39 Å². The van der Waals surface area contributed by atoms with Crippen LogP contribution in [0.4, 0.5) is 10.1 Å². The number of unbranched alkanes of at least 4 members (excludes halogenated alkanes) is 2. The number of nitrogens with one attached hydrogen (secondary N) is 1. The minimum atomic E-state index is -0.394. The van der Waals surface area contributed by atoms with Crippen LogP contribution in [0, 0.1) is 17.1 Å². The molecule has 0 saturated heterocycles. The first-order valence-corrected chi connectivity index (χ1v) is 8.01. The quantitative estimate of drug-likeness (QED) is 0.750. The summed E-state index contributed by atoms with van der Waals surface area (Å²) >= 11 is 0. The van der Waals surface area contributed by atoms with Gasteiger partial charge in [-0.3, -0.25) is 0 Å². The molecule has 2 aromatic rings. The number of halogens is 1. The molecule has 0 radical (unpaired) electrons. The maximum atomic E-state index is 13.3. The van der Waals surface area contributed by atoms with Gasteiger partial charge in [-0.15, -0.1) is 0 Å². The number of hydrogen-bond acceptors (Lipinski definition) is 5. The fourth-order valence-corrected chi connectivity index (χ4v) is 2.44. The van der Waals surface area contributed by atoms with Crippen LogP contribution in [0.3, 0.4) is 0 Å². The Morgan fingerprint density at radius 2 is 2.13 bits per heavy atom. The lowest BCUT2D eigenvalue weighted by Gasteiger charge is -2.06. The molecular formula is C17H19FN4O. The van der Waals surface area contributed by atoms with Crippen LogP contribution in [0.5, 0.6) is 0 Å². The molecule has 1 aromatic heterocycles. The summed E-state index contributed by atoms with van der Waals surface area (Å²) < 4.78 is 18.5. The Kier molecular flexibility index (Phi) is 4.86. The minimum Gasteiger partial charge on any atom is -0.385 e. The van der Waals surface area contributed by atoms with E-state index in [4.69, 9.17) is 9.78 Å². The zero-order valence-electron chi connectivity index (χ0n) is 12.9. The van der Waals surface area contributed by atoms with E-state index in [1.54, 1.807) is 6.07 Å². The lowest BCUT2D eigenvalue weighted by Crippen LogP contribution is -2.02. The fraction of sp³-hybridized carbons (Fsp3) is 0.471. The van der Waals surface area contributed by atoms with Crippen LogP contribution in [-0.4, -0.2) is 16.7 Å². The molecule has 1 aliphatic carbocycles. The molecule has 23 heavy (non-hydrogen) atoms. The molecule has 0 amide bonds. The number of aryl methyl sites for hydroxylation is 1. The zero-order valence-corrected chi connectivity index (χ0v) is 12.9. The van der Waals surface area contributed by atoms with Crippen molar-refractivity contribution < 1.29 is 8.91 Å². The van der Waals surface area contributed by atoms with Gasteiger partial charge in [0.05, 0.1) is 11.6 Å². The maximum absolute atomic E-state index is 13.3. The molecular weight excluding hydrogens is 295 g/mol. The number of aromatic nitrogens is 2. The summed E-state index contributed by atoms with van der Waals surface area (Å²) in [6, 6.07) is 6.23. The molecule has 1 aliphatic rings. The van der Waals surface area contributed by atoms with Crippen molar-refractivity contribution in [1.29, 1.82) is 5.26 Å². The second kappa shape index (κ2) is 7.23. The van der Waals surface area contributed by atoms with Gasteiger partial charge >= 0.3 is 0 Å². The van der Waals surface area contributed by atoms with Crippen LogP contribution in [0.25, 0.3) is 0 Å². The van der Waals surface area contributed by atoms with Crippen LogP contribution in [-0.2, 0) is 6.42 Å². The second-order valence-electron chi connectivity index (χ2n) is 5.90. The molecule has 1 aromatic carbocycles. The van der Waals surface area contributed by atoms with Gasteiger partial charge in [0, 0.05) is 24.6 Å². The summed E-state index contributed by atoms with van der Waals surface area (Å²) in [6.45, 7) is 0.742. The van der Waals surface area contributed by atoms with Crippen LogP contribution in [0.1, 0.15) is 55.3 Å². The minimum absolute atomic E-state index is 0.329. The molecule has 3 rings (SSSR count). The van der Waals surface area contributed by atoms with E-state index in [1.165, 1.54) is 25.0 Å². The van der Waals surface area contributed by atoms with Gasteiger partial charge in [0.1, 0.15) is 5.82 Å². The van der Waals surface area contributed by atoms with E-state index in [2.05, 4.69) is 15.5 Å². The summed E-state index contributed by atoms with van der Waals surface area (Å²) in [5, 5.41) is 16.0. The molecule has 5 nitrogen and oxygen atoms in total. The Hall–Kier alpha value is -2.42. The van der Waals surface area contributed by atoms with Crippen molar-refractivity contribution >= 4 is 5.69 Å². The standard InChI is InChI=1S/C17H19FN4O/c18-14-8-12(11-19)9-15(10-14)20-7-3-1-2-4-16-21-17(22-23-16)13-5-6-13/h8-10,13,20H,1-7H2. The van der Waals surface area contributed by atoms with Crippen molar-refractivity contribution in [3.63, 3.8) is 0 Å². The monoisotopic (exact) mass is 314 g/mol. The lowest BCUT2D eigenvalue weighted by atomic mass is 10.2. The smallest absolute Gasteiger partial charge is 0.226 e. The van der Waals surface area contributed by atoms with E-state index in [1.807, 2.05) is 6.07 Å². The van der Waals surface area contributed by atoms with Crippen LogP contribution in [0.2, 0.25) is 0 Å². The third-order valence-electron chi connectivity index (χ3n) is 3.85. The molecule has 1 saturated carbocycles. The molecule has 0 aliphatic heterocycles. The summed E-state index contributed by atoms with van der Waals surface area (Å²) in [6.07, 6.45) is 6.13. The van der Waals surface area contributed by atoms with E-state index in [0.29, 0.717) is 17.2 Å². The Balaban J connectivity index is 1.33. The third kappa shape index (κ3) is 4.52. The van der Waals surface area contributed by atoms with Crippen LogP contribution in [0.15, 0.2) is 22.7 Å². The summed E-state index contributed by atoms with van der Waals surface area (Å²) in [7, 11) is 0. The number of nitrogens with zero attached hydrogens (tertiary/aromatic N) is 3. The number of hydrogen-bond donors (Lipinski definition) is 1. The van der Waals surface area contributed by atoms with Gasteiger partial charge in [0.2, 0.25) is 5.89 Å². The Morgan fingerprint density at radius 1 is 1.26 bits per heavy atom. The van der Waals surface area contributed by atoms with Crippen LogP contribution >= 0.6 is 0 Å². The summed E-state index contributed by atoms with van der Waals surface area (Å²) in [5.41, 5.74) is 0.975. The Labute approximate surface area is 134 Å². The van der Waals surface area contributed by atoms with Gasteiger partial charge in [-0.1, -0.05) is 11.6 Å². The molecule has 0 unspecified atom stereocenters. The van der Waals surface area contributed by atoms with Crippen molar-refractivity contribution in [2.45, 2.75) is 44.4 Å². The Morgan fingerprint density at radius 3 is 2.91 bits per heavy atom. The van der Waals surface area contributed by atoms with Crippen molar-refractivity contribution in [1.82, 2.24) is 10.1 Å². The molecule has 6 heteroatoms. The van der Waals surface area contributed by atoms with Crippen LogP contribution < -0.4 is 5.32 Å². The van der Waals surface area contributed by atoms with Gasteiger partial charge < -0.3 is 9.84 Å². The highest BCUT2D eigenvalue weighted by Gasteiger charge is 2.28. The number of benzene rings is 1. The summed E-state index contributed by atoms with van der Waals surface area (Å²) in [5.74, 6) is 1.72. The molecule has 1 fully saturated rings. The van der Waals surface area contributed by atoms with Crippen molar-refractivity contribution in [3.05, 3.63) is 41.3 Å². The summed E-state index contributed by atoms with van der Waals surface area (Å²) in [4.78, 5) is 4.40. The highest BCUT2D eigenvalue weighted by atomic mass is 19.1. The Bertz CT molecular complexity index is 703. The fourth-order valence-electron chi connectivity index (χ4n) is 2.44. The van der Waals surface area contributed by atoms with E-state index in [-0.39, 0.29) is 0 Å². The average molecular weight is 314 g/mol. The van der Waals surface area contributed by atoms with E-state index < -0.39 is 5.82 Å². The molecule has 1 N–H and O–H groups in total. The number of nitriles is 1. The highest BCUT2D eigenvalue weighted by molar-refractivity contribution is 5.49. The first-order valence-electron chi connectivity index (χ1n) is 8.01. The van der Waals surface area contributed by atoms with E-state index >= 15 is 0 Å². The number of anilines is 1. The highest BCUT2D eigenvalue weighted by Crippen LogP contribution is 2.38. The molecule has 0 spiro atoms. The maximum Gasteiger partial charge on any atom is 0.226 e. The van der Waals surface area contributed by atoms with Crippen molar-refractivity contribution in [2.24, 2.45) is 0 Å². The van der Waals surface area contributed by atoms with Crippen molar-refractivity contribution in [3.8, 4) is 6.07 Å². The molecule has 120 valence electrons.